The largest absolute Gasteiger partial charge is 0.352 e. The monoisotopic (exact) mass is 246 g/mol. The molecular formula is C13H18N4O. The Morgan fingerprint density at radius 1 is 1.39 bits per heavy atom. The van der Waals surface area contributed by atoms with Crippen molar-refractivity contribution in [2.45, 2.75) is 33.4 Å². The molecule has 0 aromatic heterocycles. The summed E-state index contributed by atoms with van der Waals surface area (Å²) in [5.74, 6) is -0.246. The summed E-state index contributed by atoms with van der Waals surface area (Å²) in [6.07, 6.45) is 0. The average Bonchev–Trinajstić information content (AvgIpc) is 2.33. The van der Waals surface area contributed by atoms with E-state index in [1.54, 1.807) is 0 Å². The number of benzene rings is 1. The molecule has 0 unspecified atom stereocenters. The van der Waals surface area contributed by atoms with E-state index in [0.717, 1.165) is 5.56 Å². The molecule has 0 fully saturated rings. The van der Waals surface area contributed by atoms with Gasteiger partial charge in [-0.2, -0.15) is 0 Å². The fourth-order valence-electron chi connectivity index (χ4n) is 1.55. The van der Waals surface area contributed by atoms with Gasteiger partial charge in [0.05, 0.1) is 0 Å². The van der Waals surface area contributed by atoms with Crippen molar-refractivity contribution in [1.29, 1.82) is 0 Å². The number of rotatable bonds is 4. The molecular weight excluding hydrogens is 228 g/mol. The number of azide groups is 1. The quantitative estimate of drug-likeness (QED) is 0.494. The number of amides is 1. The first kappa shape index (κ1) is 14.1. The minimum Gasteiger partial charge on any atom is -0.352 e. The Bertz CT molecular complexity index is 444. The molecule has 0 aliphatic rings. The summed E-state index contributed by atoms with van der Waals surface area (Å²) in [5.41, 5.74) is 9.13. The molecule has 18 heavy (non-hydrogen) atoms. The number of nitrogens with one attached hydrogen (secondary N) is 1. The zero-order valence-electron chi connectivity index (χ0n) is 10.9. The molecule has 0 spiro atoms. The Hall–Kier alpha value is -2.00. The predicted molar refractivity (Wildman–Crippen MR) is 70.7 cm³/mol. The smallest absolute Gasteiger partial charge is 0.229 e. The molecule has 1 amide bonds. The highest BCUT2D eigenvalue weighted by Crippen LogP contribution is 2.22. The van der Waals surface area contributed by atoms with Gasteiger partial charge in [0.15, 0.2) is 0 Å². The molecule has 5 heteroatoms. The van der Waals surface area contributed by atoms with Crippen LogP contribution < -0.4 is 5.32 Å². The number of nitrogens with zero attached hydrogens (tertiary/aromatic N) is 3. The highest BCUT2D eigenvalue weighted by atomic mass is 16.2. The molecule has 1 rings (SSSR count). The van der Waals surface area contributed by atoms with Crippen molar-refractivity contribution < 1.29 is 4.79 Å². The summed E-state index contributed by atoms with van der Waals surface area (Å²) in [5, 5.41) is 6.36. The van der Waals surface area contributed by atoms with Gasteiger partial charge >= 0.3 is 0 Å². The maximum absolute atomic E-state index is 12.0. The Labute approximate surface area is 107 Å². The zero-order chi connectivity index (χ0) is 13.6. The van der Waals surface area contributed by atoms with Crippen LogP contribution in [0.2, 0.25) is 0 Å². The maximum atomic E-state index is 12.0. The number of hydrogen-bond donors (Lipinski definition) is 1. The van der Waals surface area contributed by atoms with E-state index in [0.29, 0.717) is 6.54 Å². The van der Waals surface area contributed by atoms with E-state index in [-0.39, 0.29) is 5.91 Å². The highest BCUT2D eigenvalue weighted by Gasteiger charge is 2.30. The van der Waals surface area contributed by atoms with E-state index in [1.165, 1.54) is 0 Å². The van der Waals surface area contributed by atoms with Gasteiger partial charge in [-0.05, 0) is 16.5 Å². The van der Waals surface area contributed by atoms with Crippen molar-refractivity contribution in [2.75, 3.05) is 0 Å². The van der Waals surface area contributed by atoms with Crippen LogP contribution in [0.1, 0.15) is 26.3 Å². The second-order valence-electron chi connectivity index (χ2n) is 5.18. The molecule has 0 saturated carbocycles. The van der Waals surface area contributed by atoms with E-state index in [2.05, 4.69) is 15.3 Å². The maximum Gasteiger partial charge on any atom is 0.229 e. The summed E-state index contributed by atoms with van der Waals surface area (Å²) in [7, 11) is 0. The molecule has 1 N–H and O–H groups in total. The van der Waals surface area contributed by atoms with Crippen LogP contribution in [-0.4, -0.2) is 11.9 Å². The fraction of sp³-hybridized carbons (Fsp3) is 0.462. The van der Waals surface area contributed by atoms with Crippen LogP contribution in [-0.2, 0) is 11.3 Å². The SMILES string of the molecule is CC(C)(C)[C@H](N=[N+]=[N-])C(=O)NCc1ccccc1. The summed E-state index contributed by atoms with van der Waals surface area (Å²) in [6.45, 7) is 6.05. The Kier molecular flexibility index (Phi) is 4.75. The van der Waals surface area contributed by atoms with Gasteiger partial charge in [-0.1, -0.05) is 56.2 Å². The van der Waals surface area contributed by atoms with E-state index in [4.69, 9.17) is 5.53 Å². The predicted octanol–water partition coefficient (Wildman–Crippen LogP) is 3.03. The standard InChI is InChI=1S/C13H18N4O/c1-13(2,3)11(16-17-14)12(18)15-9-10-7-5-4-6-8-10/h4-8,11H,9H2,1-3H3,(H,15,18)/t11-/m1/s1. The molecule has 0 saturated heterocycles. The minimum atomic E-state index is -0.703. The molecule has 5 nitrogen and oxygen atoms in total. The van der Waals surface area contributed by atoms with Gasteiger partial charge in [0.2, 0.25) is 5.91 Å². The van der Waals surface area contributed by atoms with Gasteiger partial charge in [0.1, 0.15) is 6.04 Å². The summed E-state index contributed by atoms with van der Waals surface area (Å²) >= 11 is 0. The highest BCUT2D eigenvalue weighted by molar-refractivity contribution is 5.82. The third kappa shape index (κ3) is 4.11. The topological polar surface area (TPSA) is 77.9 Å². The van der Waals surface area contributed by atoms with Crippen molar-refractivity contribution in [3.05, 3.63) is 46.3 Å². The van der Waals surface area contributed by atoms with Crippen molar-refractivity contribution in [1.82, 2.24) is 5.32 Å². The summed E-state index contributed by atoms with van der Waals surface area (Å²) < 4.78 is 0. The van der Waals surface area contributed by atoms with Gasteiger partial charge in [-0.3, -0.25) is 4.79 Å². The van der Waals surface area contributed by atoms with Crippen LogP contribution in [0.3, 0.4) is 0 Å². The van der Waals surface area contributed by atoms with Gasteiger partial charge in [-0.25, -0.2) is 0 Å². The third-order valence-corrected chi connectivity index (χ3v) is 2.55. The first-order valence-corrected chi connectivity index (χ1v) is 5.81. The molecule has 1 atom stereocenters. The molecule has 0 aliphatic heterocycles. The lowest BCUT2D eigenvalue weighted by molar-refractivity contribution is -0.124. The first-order valence-electron chi connectivity index (χ1n) is 5.81. The molecule has 0 heterocycles. The molecule has 1 aromatic rings. The Morgan fingerprint density at radius 3 is 2.50 bits per heavy atom. The van der Waals surface area contributed by atoms with Crippen molar-refractivity contribution in [3.8, 4) is 0 Å². The molecule has 1 aromatic carbocycles. The number of hydrogen-bond acceptors (Lipinski definition) is 2. The van der Waals surface area contributed by atoms with Gasteiger partial charge < -0.3 is 5.32 Å². The molecule has 0 radical (unpaired) electrons. The van der Waals surface area contributed by atoms with E-state index < -0.39 is 11.5 Å². The average molecular weight is 246 g/mol. The molecule has 96 valence electrons. The van der Waals surface area contributed by atoms with Crippen LogP contribution in [0.25, 0.3) is 10.4 Å². The lowest BCUT2D eigenvalue weighted by Crippen LogP contribution is -2.40. The second-order valence-corrected chi connectivity index (χ2v) is 5.18. The normalized spacial score (nSPS) is 12.4. The lowest BCUT2D eigenvalue weighted by atomic mass is 9.87. The zero-order valence-corrected chi connectivity index (χ0v) is 10.9. The summed E-state index contributed by atoms with van der Waals surface area (Å²) in [6, 6.07) is 8.90. The van der Waals surface area contributed by atoms with Gasteiger partial charge in [0, 0.05) is 11.5 Å². The van der Waals surface area contributed by atoms with Crippen LogP contribution in [0.5, 0.6) is 0 Å². The summed E-state index contributed by atoms with van der Waals surface area (Å²) in [4.78, 5) is 14.7. The van der Waals surface area contributed by atoms with Crippen LogP contribution >= 0.6 is 0 Å². The van der Waals surface area contributed by atoms with E-state index in [1.807, 2.05) is 51.1 Å². The van der Waals surface area contributed by atoms with Crippen molar-refractivity contribution in [2.24, 2.45) is 10.5 Å². The fourth-order valence-corrected chi connectivity index (χ4v) is 1.55. The third-order valence-electron chi connectivity index (χ3n) is 2.55. The Balaban J connectivity index is 2.66. The van der Waals surface area contributed by atoms with E-state index >= 15 is 0 Å². The molecule has 0 bridgehead atoms. The lowest BCUT2D eigenvalue weighted by Gasteiger charge is -2.25. The Morgan fingerprint density at radius 2 is 2.00 bits per heavy atom. The minimum absolute atomic E-state index is 0.246. The van der Waals surface area contributed by atoms with Crippen LogP contribution in [0, 0.1) is 5.41 Å². The van der Waals surface area contributed by atoms with Gasteiger partial charge in [0.25, 0.3) is 0 Å². The van der Waals surface area contributed by atoms with Crippen molar-refractivity contribution >= 4 is 5.91 Å². The first-order chi connectivity index (χ1) is 8.45. The molecule has 0 aliphatic carbocycles. The van der Waals surface area contributed by atoms with Gasteiger partial charge in [-0.15, -0.1) is 0 Å². The van der Waals surface area contributed by atoms with E-state index in [9.17, 15) is 4.79 Å². The number of carbonyl (C=O) groups excluding carboxylic acids is 1. The van der Waals surface area contributed by atoms with Crippen molar-refractivity contribution in [3.63, 3.8) is 0 Å². The van der Waals surface area contributed by atoms with Crippen LogP contribution in [0.15, 0.2) is 35.4 Å². The second kappa shape index (κ2) is 6.07. The van der Waals surface area contributed by atoms with Crippen LogP contribution in [0.4, 0.5) is 0 Å². The number of carbonyl (C=O) groups is 1.